The topological polar surface area (TPSA) is 90.6 Å². The molecule has 0 atom stereocenters. The first kappa shape index (κ1) is 24.4. The Balaban J connectivity index is 1.53. The number of carbonyl (C=O) groups excluding carboxylic acids is 1. The third-order valence-electron chi connectivity index (χ3n) is 6.98. The van der Waals surface area contributed by atoms with Crippen LogP contribution in [-0.4, -0.2) is 54.7 Å². The fraction of sp³-hybridized carbons (Fsp3) is 0.360. The lowest BCUT2D eigenvalue weighted by atomic mass is 9.95. The van der Waals surface area contributed by atoms with Crippen LogP contribution in [0, 0.1) is 34.6 Å². The number of piperazine rings is 1. The molecule has 0 radical (unpaired) electrons. The highest BCUT2D eigenvalue weighted by molar-refractivity contribution is 7.89. The average Bonchev–Trinajstić information content (AvgIpc) is 3.36. The number of benzene rings is 1. The van der Waals surface area contributed by atoms with Crippen molar-refractivity contribution in [3.8, 4) is 10.6 Å². The maximum absolute atomic E-state index is 13.6. The summed E-state index contributed by atoms with van der Waals surface area (Å²) in [5.74, 6) is -0.384. The van der Waals surface area contributed by atoms with E-state index in [-0.39, 0.29) is 37.6 Å². The van der Waals surface area contributed by atoms with Crippen LogP contribution < -0.4 is 5.56 Å². The van der Waals surface area contributed by atoms with Crippen LogP contribution in [0.2, 0.25) is 0 Å². The minimum Gasteiger partial charge on any atom is -0.336 e. The van der Waals surface area contributed by atoms with Gasteiger partial charge in [0.1, 0.15) is 5.56 Å². The largest absolute Gasteiger partial charge is 0.336 e. The van der Waals surface area contributed by atoms with Crippen LogP contribution in [-0.2, 0) is 10.0 Å². The van der Waals surface area contributed by atoms with Gasteiger partial charge in [0.05, 0.1) is 15.5 Å². The number of hydrogen-bond donors (Lipinski definition) is 1. The van der Waals surface area contributed by atoms with E-state index in [1.165, 1.54) is 15.6 Å². The summed E-state index contributed by atoms with van der Waals surface area (Å²) >= 11 is 1.50. The van der Waals surface area contributed by atoms with E-state index in [0.717, 1.165) is 32.7 Å². The minimum absolute atomic E-state index is 0.0630. The predicted octanol–water partition coefficient (Wildman–Crippen LogP) is 3.79. The van der Waals surface area contributed by atoms with E-state index >= 15 is 0 Å². The molecule has 1 N–H and O–H groups in total. The first-order valence-electron chi connectivity index (χ1n) is 11.2. The minimum atomic E-state index is -3.71. The summed E-state index contributed by atoms with van der Waals surface area (Å²) in [6, 6.07) is 7.07. The van der Waals surface area contributed by atoms with E-state index in [4.69, 9.17) is 0 Å². The highest BCUT2D eigenvalue weighted by Crippen LogP contribution is 2.32. The fourth-order valence-electron chi connectivity index (χ4n) is 4.50. The SMILES string of the molecule is Cc1c(C)c(C)c(S(=O)(=O)N2CCN(C(=O)c3ccc(-c4cccs4)[nH]c3=O)CC2)c(C)c1C. The summed E-state index contributed by atoms with van der Waals surface area (Å²) in [5, 5.41) is 1.92. The second-order valence-electron chi connectivity index (χ2n) is 8.74. The molecule has 0 saturated carbocycles. The van der Waals surface area contributed by atoms with Crippen molar-refractivity contribution in [3.05, 3.63) is 73.4 Å². The summed E-state index contributed by atoms with van der Waals surface area (Å²) in [6.45, 7) is 10.5. The van der Waals surface area contributed by atoms with Crippen LogP contribution in [0.25, 0.3) is 10.6 Å². The number of nitrogens with zero attached hydrogens (tertiary/aromatic N) is 2. The molecule has 34 heavy (non-hydrogen) atoms. The van der Waals surface area contributed by atoms with Gasteiger partial charge in [0.2, 0.25) is 10.0 Å². The second kappa shape index (κ2) is 9.13. The van der Waals surface area contributed by atoms with Gasteiger partial charge >= 0.3 is 0 Å². The smallest absolute Gasteiger partial charge is 0.261 e. The Kier molecular flexibility index (Phi) is 6.54. The number of carbonyl (C=O) groups is 1. The van der Waals surface area contributed by atoms with Gasteiger partial charge in [0.15, 0.2) is 0 Å². The van der Waals surface area contributed by atoms with Crippen molar-refractivity contribution in [3.63, 3.8) is 0 Å². The van der Waals surface area contributed by atoms with Gasteiger partial charge < -0.3 is 9.88 Å². The summed E-state index contributed by atoms with van der Waals surface area (Å²) < 4.78 is 28.6. The summed E-state index contributed by atoms with van der Waals surface area (Å²) in [7, 11) is -3.71. The molecule has 1 amide bonds. The lowest BCUT2D eigenvalue weighted by molar-refractivity contribution is 0.0696. The lowest BCUT2D eigenvalue weighted by Gasteiger charge is -2.35. The highest BCUT2D eigenvalue weighted by Gasteiger charge is 2.34. The molecule has 1 aromatic carbocycles. The lowest BCUT2D eigenvalue weighted by Crippen LogP contribution is -2.51. The third-order valence-corrected chi connectivity index (χ3v) is 10.1. The number of rotatable bonds is 4. The van der Waals surface area contributed by atoms with E-state index in [1.807, 2.05) is 52.1 Å². The summed E-state index contributed by atoms with van der Waals surface area (Å²) in [4.78, 5) is 31.2. The Morgan fingerprint density at radius 2 is 1.47 bits per heavy atom. The Labute approximate surface area is 204 Å². The molecule has 1 saturated heterocycles. The zero-order valence-corrected chi connectivity index (χ0v) is 21.7. The fourth-order valence-corrected chi connectivity index (χ4v) is 7.19. The van der Waals surface area contributed by atoms with Crippen molar-refractivity contribution in [2.75, 3.05) is 26.2 Å². The van der Waals surface area contributed by atoms with E-state index in [0.29, 0.717) is 10.6 Å². The molecule has 1 fully saturated rings. The van der Waals surface area contributed by atoms with Crippen LogP contribution in [0.5, 0.6) is 0 Å². The van der Waals surface area contributed by atoms with Gasteiger partial charge in [-0.3, -0.25) is 9.59 Å². The van der Waals surface area contributed by atoms with Crippen molar-refractivity contribution in [1.29, 1.82) is 0 Å². The molecule has 7 nitrogen and oxygen atoms in total. The molecule has 1 aliphatic heterocycles. The summed E-state index contributed by atoms with van der Waals surface area (Å²) in [5.41, 5.74) is 4.92. The Bertz CT molecular complexity index is 1390. The molecule has 0 unspecified atom stereocenters. The van der Waals surface area contributed by atoms with E-state index in [9.17, 15) is 18.0 Å². The van der Waals surface area contributed by atoms with E-state index in [1.54, 1.807) is 17.0 Å². The normalized spacial score (nSPS) is 15.0. The number of thiophene rings is 1. The highest BCUT2D eigenvalue weighted by atomic mass is 32.2. The second-order valence-corrected chi connectivity index (χ2v) is 11.6. The van der Waals surface area contributed by atoms with Gasteiger partial charge in [-0.05, 0) is 86.0 Å². The Morgan fingerprint density at radius 1 is 0.882 bits per heavy atom. The van der Waals surface area contributed by atoms with Gasteiger partial charge in [-0.2, -0.15) is 4.31 Å². The molecule has 0 bridgehead atoms. The molecule has 3 aromatic rings. The van der Waals surface area contributed by atoms with Crippen LogP contribution in [0.1, 0.15) is 38.2 Å². The zero-order valence-electron chi connectivity index (χ0n) is 20.1. The van der Waals surface area contributed by atoms with Crippen LogP contribution in [0.4, 0.5) is 0 Å². The van der Waals surface area contributed by atoms with Crippen molar-refractivity contribution in [1.82, 2.24) is 14.2 Å². The third kappa shape index (κ3) is 4.12. The standard InChI is InChI=1S/C25H29N3O4S2/c1-15-16(2)18(4)23(19(5)17(15)3)34(31,32)28-12-10-27(11-13-28)25(30)20-8-9-21(26-24(20)29)22-7-6-14-33-22/h6-9,14H,10-13H2,1-5H3,(H,26,29). The van der Waals surface area contributed by atoms with Crippen molar-refractivity contribution in [2.24, 2.45) is 0 Å². The van der Waals surface area contributed by atoms with E-state index in [2.05, 4.69) is 4.98 Å². The molecule has 9 heteroatoms. The molecule has 1 aliphatic rings. The molecular weight excluding hydrogens is 470 g/mol. The molecule has 2 aromatic heterocycles. The van der Waals surface area contributed by atoms with Crippen LogP contribution >= 0.6 is 11.3 Å². The monoisotopic (exact) mass is 499 g/mol. The molecule has 0 aliphatic carbocycles. The van der Waals surface area contributed by atoms with Gasteiger partial charge in [-0.25, -0.2) is 8.42 Å². The first-order chi connectivity index (χ1) is 16.0. The molecule has 3 heterocycles. The number of pyridine rings is 1. The van der Waals surface area contributed by atoms with Gasteiger partial charge in [0, 0.05) is 26.2 Å². The maximum Gasteiger partial charge on any atom is 0.261 e. The molecular formula is C25H29N3O4S2. The Morgan fingerprint density at radius 3 is 2.00 bits per heavy atom. The number of sulfonamides is 1. The van der Waals surface area contributed by atoms with Crippen molar-refractivity contribution >= 4 is 27.3 Å². The van der Waals surface area contributed by atoms with Gasteiger partial charge in [-0.15, -0.1) is 11.3 Å². The molecule has 180 valence electrons. The number of H-pyrrole nitrogens is 1. The number of aromatic amines is 1. The van der Waals surface area contributed by atoms with Crippen molar-refractivity contribution in [2.45, 2.75) is 39.5 Å². The van der Waals surface area contributed by atoms with E-state index < -0.39 is 15.6 Å². The van der Waals surface area contributed by atoms with Gasteiger partial charge in [-0.1, -0.05) is 6.07 Å². The number of hydrogen-bond acceptors (Lipinski definition) is 5. The molecule has 4 rings (SSSR count). The number of aromatic nitrogens is 1. The van der Waals surface area contributed by atoms with Crippen LogP contribution in [0.15, 0.2) is 39.3 Å². The van der Waals surface area contributed by atoms with Gasteiger partial charge in [0.25, 0.3) is 11.5 Å². The first-order valence-corrected chi connectivity index (χ1v) is 13.5. The zero-order chi connectivity index (χ0) is 24.8. The van der Waals surface area contributed by atoms with Crippen LogP contribution in [0.3, 0.4) is 0 Å². The van der Waals surface area contributed by atoms with Crippen molar-refractivity contribution < 1.29 is 13.2 Å². The number of amides is 1. The summed E-state index contributed by atoms with van der Waals surface area (Å²) in [6.07, 6.45) is 0. The Hall–Kier alpha value is -2.75. The maximum atomic E-state index is 13.6. The average molecular weight is 500 g/mol. The molecule has 0 spiro atoms. The predicted molar refractivity (Wildman–Crippen MR) is 135 cm³/mol. The quantitative estimate of drug-likeness (QED) is 0.591. The number of nitrogens with one attached hydrogen (secondary N) is 1.